The van der Waals surface area contributed by atoms with Gasteiger partial charge in [0.15, 0.2) is 0 Å². The number of hydrogen-bond acceptors (Lipinski definition) is 4. The van der Waals surface area contributed by atoms with Gasteiger partial charge in [-0.3, -0.25) is 9.89 Å². The Balaban J connectivity index is 1.87. The highest BCUT2D eigenvalue weighted by atomic mass is 16.1. The van der Waals surface area contributed by atoms with Gasteiger partial charge in [0, 0.05) is 10.9 Å². The lowest BCUT2D eigenvalue weighted by molar-refractivity contribution is 0.102. The molecule has 0 saturated carbocycles. The lowest BCUT2D eigenvalue weighted by Crippen LogP contribution is -2.12. The molecule has 1 aromatic carbocycles. The van der Waals surface area contributed by atoms with Gasteiger partial charge in [0.2, 0.25) is 0 Å². The van der Waals surface area contributed by atoms with Crippen molar-refractivity contribution in [3.8, 4) is 0 Å². The second-order valence-corrected chi connectivity index (χ2v) is 3.75. The molecule has 0 spiro atoms. The van der Waals surface area contributed by atoms with E-state index in [-0.39, 0.29) is 5.91 Å². The van der Waals surface area contributed by atoms with Gasteiger partial charge in [-0.2, -0.15) is 5.10 Å². The number of carbonyl (C=O) groups excluding carboxylic acids is 1. The van der Waals surface area contributed by atoms with Crippen LogP contribution in [-0.4, -0.2) is 26.1 Å². The van der Waals surface area contributed by atoms with Gasteiger partial charge in [0.1, 0.15) is 6.33 Å². The molecule has 3 rings (SSSR count). The van der Waals surface area contributed by atoms with Crippen molar-refractivity contribution < 1.29 is 4.79 Å². The van der Waals surface area contributed by atoms with Crippen LogP contribution in [0, 0.1) is 0 Å². The van der Waals surface area contributed by atoms with Gasteiger partial charge in [-0.25, -0.2) is 9.97 Å². The summed E-state index contributed by atoms with van der Waals surface area (Å²) in [5, 5.41) is 10.4. The molecule has 2 heterocycles. The molecule has 6 heteroatoms. The third-order valence-electron chi connectivity index (χ3n) is 2.52. The number of nitrogens with one attached hydrogen (secondary N) is 2. The average molecular weight is 239 g/mol. The number of anilines is 1. The van der Waals surface area contributed by atoms with E-state index in [2.05, 4.69) is 25.5 Å². The highest BCUT2D eigenvalue weighted by Gasteiger charge is 2.07. The number of rotatable bonds is 2. The molecule has 6 nitrogen and oxygen atoms in total. The molecule has 0 aliphatic rings. The Hall–Kier alpha value is -2.76. The van der Waals surface area contributed by atoms with Crippen molar-refractivity contribution in [2.24, 2.45) is 0 Å². The fourth-order valence-corrected chi connectivity index (χ4v) is 1.65. The first-order valence-electron chi connectivity index (χ1n) is 5.32. The van der Waals surface area contributed by atoms with Crippen molar-refractivity contribution in [2.45, 2.75) is 0 Å². The molecule has 0 atom stereocenters. The summed E-state index contributed by atoms with van der Waals surface area (Å²) in [6, 6.07) is 5.34. The molecule has 2 N–H and O–H groups in total. The number of hydrogen-bond donors (Lipinski definition) is 2. The molecule has 3 aromatic rings. The van der Waals surface area contributed by atoms with E-state index in [4.69, 9.17) is 0 Å². The predicted molar refractivity (Wildman–Crippen MR) is 66.1 cm³/mol. The highest BCUT2D eigenvalue weighted by Crippen LogP contribution is 2.14. The summed E-state index contributed by atoms with van der Waals surface area (Å²) in [7, 11) is 0. The second kappa shape index (κ2) is 4.25. The maximum atomic E-state index is 12.0. The standard InChI is InChI=1S/C12H9N5O/c18-12(16-10-5-13-7-14-6-10)8-1-2-9-4-15-17-11(9)3-8/h1-7H,(H,15,17)(H,16,18). The average Bonchev–Trinajstić information content (AvgIpc) is 2.87. The molecule has 0 fully saturated rings. The van der Waals surface area contributed by atoms with Crippen molar-refractivity contribution in [1.29, 1.82) is 0 Å². The van der Waals surface area contributed by atoms with Gasteiger partial charge in [-0.1, -0.05) is 6.07 Å². The Kier molecular flexibility index (Phi) is 2.45. The van der Waals surface area contributed by atoms with E-state index < -0.39 is 0 Å². The minimum absolute atomic E-state index is 0.207. The van der Waals surface area contributed by atoms with Gasteiger partial charge in [0.25, 0.3) is 5.91 Å². The largest absolute Gasteiger partial charge is 0.319 e. The van der Waals surface area contributed by atoms with Crippen molar-refractivity contribution in [3.63, 3.8) is 0 Å². The Labute approximate surface area is 102 Å². The molecule has 0 unspecified atom stereocenters. The SMILES string of the molecule is O=C(Nc1cncnc1)c1ccc2cn[nH]c2c1. The van der Waals surface area contributed by atoms with Crippen LogP contribution in [0.1, 0.15) is 10.4 Å². The predicted octanol–water partition coefficient (Wildman–Crippen LogP) is 1.61. The van der Waals surface area contributed by atoms with Crippen LogP contribution in [0.3, 0.4) is 0 Å². The van der Waals surface area contributed by atoms with Gasteiger partial charge in [-0.05, 0) is 12.1 Å². The van der Waals surface area contributed by atoms with E-state index >= 15 is 0 Å². The molecule has 18 heavy (non-hydrogen) atoms. The lowest BCUT2D eigenvalue weighted by Gasteiger charge is -2.03. The van der Waals surface area contributed by atoms with E-state index in [1.54, 1.807) is 30.7 Å². The van der Waals surface area contributed by atoms with Crippen molar-refractivity contribution in [1.82, 2.24) is 20.2 Å². The van der Waals surface area contributed by atoms with Gasteiger partial charge >= 0.3 is 0 Å². The Bertz CT molecular complexity index is 692. The summed E-state index contributed by atoms with van der Waals surface area (Å²) < 4.78 is 0. The summed E-state index contributed by atoms with van der Waals surface area (Å²) in [4.78, 5) is 19.6. The van der Waals surface area contributed by atoms with Crippen LogP contribution >= 0.6 is 0 Å². The van der Waals surface area contributed by atoms with Crippen LogP contribution in [0.4, 0.5) is 5.69 Å². The van der Waals surface area contributed by atoms with Gasteiger partial charge < -0.3 is 5.32 Å². The first-order valence-corrected chi connectivity index (χ1v) is 5.32. The molecule has 0 bridgehead atoms. The zero-order chi connectivity index (χ0) is 12.4. The summed E-state index contributed by atoms with van der Waals surface area (Å²) >= 11 is 0. The highest BCUT2D eigenvalue weighted by molar-refractivity contribution is 6.05. The van der Waals surface area contributed by atoms with Crippen molar-refractivity contribution in [3.05, 3.63) is 48.7 Å². The molecular formula is C12H9N5O. The van der Waals surface area contributed by atoms with E-state index in [1.807, 2.05) is 6.07 Å². The van der Waals surface area contributed by atoms with Crippen LogP contribution in [0.5, 0.6) is 0 Å². The Morgan fingerprint density at radius 2 is 2.00 bits per heavy atom. The number of fused-ring (bicyclic) bond motifs is 1. The first-order chi connectivity index (χ1) is 8.83. The molecule has 0 aliphatic carbocycles. The Morgan fingerprint density at radius 3 is 2.83 bits per heavy atom. The summed E-state index contributed by atoms with van der Waals surface area (Å²) in [5.74, 6) is -0.207. The van der Waals surface area contributed by atoms with Crippen molar-refractivity contribution in [2.75, 3.05) is 5.32 Å². The number of aromatic nitrogens is 4. The van der Waals surface area contributed by atoms with Crippen molar-refractivity contribution >= 4 is 22.5 Å². The van der Waals surface area contributed by atoms with E-state index in [0.717, 1.165) is 10.9 Å². The maximum absolute atomic E-state index is 12.0. The smallest absolute Gasteiger partial charge is 0.255 e. The minimum atomic E-state index is -0.207. The molecule has 2 aromatic heterocycles. The van der Waals surface area contributed by atoms with Crippen LogP contribution < -0.4 is 5.32 Å². The summed E-state index contributed by atoms with van der Waals surface area (Å²) in [5.41, 5.74) is 1.94. The topological polar surface area (TPSA) is 83.6 Å². The van der Waals surface area contributed by atoms with E-state index in [9.17, 15) is 4.79 Å². The number of benzene rings is 1. The first kappa shape index (κ1) is 10.4. The quantitative estimate of drug-likeness (QED) is 0.711. The van der Waals surface area contributed by atoms with Crippen LogP contribution in [0.2, 0.25) is 0 Å². The molecule has 0 radical (unpaired) electrons. The van der Waals surface area contributed by atoms with E-state index in [0.29, 0.717) is 11.3 Å². The molecule has 0 saturated heterocycles. The fourth-order valence-electron chi connectivity index (χ4n) is 1.65. The van der Waals surface area contributed by atoms with Crippen LogP contribution in [-0.2, 0) is 0 Å². The third-order valence-corrected chi connectivity index (χ3v) is 2.52. The number of amides is 1. The van der Waals surface area contributed by atoms with E-state index in [1.165, 1.54) is 6.33 Å². The number of carbonyl (C=O) groups is 1. The monoisotopic (exact) mass is 239 g/mol. The minimum Gasteiger partial charge on any atom is -0.319 e. The normalized spacial score (nSPS) is 10.4. The lowest BCUT2D eigenvalue weighted by atomic mass is 10.1. The number of aromatic amines is 1. The number of nitrogens with zero attached hydrogens (tertiary/aromatic N) is 3. The Morgan fingerprint density at radius 1 is 1.17 bits per heavy atom. The maximum Gasteiger partial charge on any atom is 0.255 e. The van der Waals surface area contributed by atoms with Gasteiger partial charge in [-0.15, -0.1) is 0 Å². The molecule has 0 aliphatic heterocycles. The van der Waals surface area contributed by atoms with Crippen LogP contribution in [0.25, 0.3) is 10.9 Å². The summed E-state index contributed by atoms with van der Waals surface area (Å²) in [6.07, 6.45) is 6.20. The number of H-pyrrole nitrogens is 1. The summed E-state index contributed by atoms with van der Waals surface area (Å²) in [6.45, 7) is 0. The van der Waals surface area contributed by atoms with Gasteiger partial charge in [0.05, 0.1) is 29.8 Å². The molecular weight excluding hydrogens is 230 g/mol. The molecule has 88 valence electrons. The zero-order valence-electron chi connectivity index (χ0n) is 9.29. The molecule has 1 amide bonds. The zero-order valence-corrected chi connectivity index (χ0v) is 9.29. The fraction of sp³-hybridized carbons (Fsp3) is 0. The van der Waals surface area contributed by atoms with Crippen LogP contribution in [0.15, 0.2) is 43.1 Å². The second-order valence-electron chi connectivity index (χ2n) is 3.75. The third kappa shape index (κ3) is 1.91.